The summed E-state index contributed by atoms with van der Waals surface area (Å²) in [7, 11) is 1.13. The first kappa shape index (κ1) is 16.3. The zero-order chi connectivity index (χ0) is 15.7. The molecule has 0 radical (unpaired) electrons. The predicted molar refractivity (Wildman–Crippen MR) is 59.2 cm³/mol. The van der Waals surface area contributed by atoms with E-state index < -0.39 is 40.5 Å². The minimum absolute atomic E-state index is 0.0330. The van der Waals surface area contributed by atoms with Gasteiger partial charge in [-0.3, -0.25) is 4.79 Å². The van der Waals surface area contributed by atoms with E-state index in [0.717, 1.165) is 7.05 Å². The molecule has 0 unspecified atom stereocenters. The van der Waals surface area contributed by atoms with E-state index in [4.69, 9.17) is 0 Å². The van der Waals surface area contributed by atoms with Crippen LogP contribution in [0, 0.1) is 0 Å². The highest BCUT2D eigenvalue weighted by atomic mass is 19.4. The average molecular weight is 299 g/mol. The molecule has 0 saturated heterocycles. The molecule has 0 atom stereocenters. The third-order valence-corrected chi connectivity index (χ3v) is 2.71. The first-order valence-corrected chi connectivity index (χ1v) is 5.55. The Hall–Kier alpha value is -1.73. The normalized spacial score (nSPS) is 12.4. The van der Waals surface area contributed by atoms with Gasteiger partial charge in [-0.25, -0.2) is 0 Å². The molecule has 0 aromatic heterocycles. The predicted octanol–water partition coefficient (Wildman–Crippen LogP) is 3.65. The number of hydrogen-bond donors (Lipinski definition) is 1. The molecule has 0 fully saturated rings. The molecule has 0 spiro atoms. The first-order chi connectivity index (χ1) is 9.02. The van der Waals surface area contributed by atoms with Crippen LogP contribution >= 0.6 is 0 Å². The topological polar surface area (TPSA) is 29.1 Å². The van der Waals surface area contributed by atoms with E-state index in [-0.39, 0.29) is 12.5 Å². The Morgan fingerprint density at radius 3 is 2.00 bits per heavy atom. The standard InChI is InChI=1S/C12H11F6NO/c1-3-7-8(10(20)19-2)4-6(11(13,14)15)5-9(7)12(16,17)18/h4-5H,3H2,1-2H3,(H,19,20). The van der Waals surface area contributed by atoms with Crippen molar-refractivity contribution in [3.63, 3.8) is 0 Å². The van der Waals surface area contributed by atoms with Crippen molar-refractivity contribution < 1.29 is 31.1 Å². The summed E-state index contributed by atoms with van der Waals surface area (Å²) in [6.45, 7) is 1.34. The maximum absolute atomic E-state index is 12.9. The second-order valence-corrected chi connectivity index (χ2v) is 3.98. The Bertz CT molecular complexity index is 518. The number of amides is 1. The highest BCUT2D eigenvalue weighted by molar-refractivity contribution is 5.96. The first-order valence-electron chi connectivity index (χ1n) is 5.55. The van der Waals surface area contributed by atoms with Crippen LogP contribution in [-0.4, -0.2) is 13.0 Å². The summed E-state index contributed by atoms with van der Waals surface area (Å²) in [6, 6.07) is 0.470. The van der Waals surface area contributed by atoms with Crippen molar-refractivity contribution in [2.24, 2.45) is 0 Å². The van der Waals surface area contributed by atoms with Gasteiger partial charge in [-0.05, 0) is 24.1 Å². The fraction of sp³-hybridized carbons (Fsp3) is 0.417. The fourth-order valence-corrected chi connectivity index (χ4v) is 1.81. The molecule has 8 heteroatoms. The van der Waals surface area contributed by atoms with Gasteiger partial charge in [0.25, 0.3) is 5.91 Å². The van der Waals surface area contributed by atoms with Crippen LogP contribution < -0.4 is 5.32 Å². The van der Waals surface area contributed by atoms with Crippen LogP contribution in [0.5, 0.6) is 0 Å². The zero-order valence-corrected chi connectivity index (χ0v) is 10.5. The smallest absolute Gasteiger partial charge is 0.355 e. The van der Waals surface area contributed by atoms with Gasteiger partial charge in [0.1, 0.15) is 0 Å². The second-order valence-electron chi connectivity index (χ2n) is 3.98. The number of carbonyl (C=O) groups excluding carboxylic acids is 1. The van der Waals surface area contributed by atoms with E-state index in [1.807, 2.05) is 5.32 Å². The molecule has 0 heterocycles. The molecule has 1 N–H and O–H groups in total. The Kier molecular flexibility index (Phi) is 4.36. The van der Waals surface area contributed by atoms with Gasteiger partial charge in [0, 0.05) is 12.6 Å². The van der Waals surface area contributed by atoms with Gasteiger partial charge in [-0.1, -0.05) is 6.92 Å². The molecule has 0 aliphatic rings. The number of alkyl halides is 6. The number of benzene rings is 1. The van der Waals surface area contributed by atoms with Gasteiger partial charge < -0.3 is 5.32 Å². The van der Waals surface area contributed by atoms with Gasteiger partial charge in [0.2, 0.25) is 0 Å². The monoisotopic (exact) mass is 299 g/mol. The quantitative estimate of drug-likeness (QED) is 0.830. The molecular formula is C12H11F6NO. The summed E-state index contributed by atoms with van der Waals surface area (Å²) in [5.41, 5.74) is -4.00. The van der Waals surface area contributed by atoms with Crippen molar-refractivity contribution in [3.8, 4) is 0 Å². The maximum Gasteiger partial charge on any atom is 0.416 e. The molecule has 0 aliphatic carbocycles. The van der Waals surface area contributed by atoms with E-state index in [1.54, 1.807) is 0 Å². The molecule has 0 bridgehead atoms. The molecule has 1 amide bonds. The van der Waals surface area contributed by atoms with Crippen molar-refractivity contribution in [1.29, 1.82) is 0 Å². The summed E-state index contributed by atoms with van der Waals surface area (Å²) in [5.74, 6) is -0.988. The Morgan fingerprint density at radius 2 is 1.65 bits per heavy atom. The molecule has 0 saturated carbocycles. The Labute approximate surface area is 110 Å². The van der Waals surface area contributed by atoms with Crippen LogP contribution in [0.3, 0.4) is 0 Å². The van der Waals surface area contributed by atoms with Crippen LogP contribution in [0.15, 0.2) is 12.1 Å². The molecule has 0 aliphatic heterocycles. The van der Waals surface area contributed by atoms with Gasteiger partial charge in [-0.2, -0.15) is 26.3 Å². The van der Waals surface area contributed by atoms with Crippen molar-refractivity contribution in [2.45, 2.75) is 25.7 Å². The molecule has 20 heavy (non-hydrogen) atoms. The molecule has 1 rings (SSSR count). The van der Waals surface area contributed by atoms with E-state index in [1.165, 1.54) is 6.92 Å². The van der Waals surface area contributed by atoms with Crippen LogP contribution in [0.4, 0.5) is 26.3 Å². The number of rotatable bonds is 2. The highest BCUT2D eigenvalue weighted by Crippen LogP contribution is 2.39. The zero-order valence-electron chi connectivity index (χ0n) is 10.5. The lowest BCUT2D eigenvalue weighted by Gasteiger charge is -2.18. The molecule has 1 aromatic carbocycles. The SMILES string of the molecule is CCc1c(C(=O)NC)cc(C(F)(F)F)cc1C(F)(F)F. The van der Waals surface area contributed by atoms with Crippen molar-refractivity contribution >= 4 is 5.91 Å². The lowest BCUT2D eigenvalue weighted by molar-refractivity contribution is -0.143. The fourth-order valence-electron chi connectivity index (χ4n) is 1.81. The molecular weight excluding hydrogens is 288 g/mol. The van der Waals surface area contributed by atoms with E-state index >= 15 is 0 Å². The molecule has 2 nitrogen and oxygen atoms in total. The third kappa shape index (κ3) is 3.23. The third-order valence-electron chi connectivity index (χ3n) is 2.71. The summed E-state index contributed by atoms with van der Waals surface area (Å²) in [5, 5.41) is 2.04. The van der Waals surface area contributed by atoms with Crippen LogP contribution in [0.1, 0.15) is 34.0 Å². The minimum Gasteiger partial charge on any atom is -0.355 e. The average Bonchev–Trinajstić information content (AvgIpc) is 2.33. The Balaban J connectivity index is 3.70. The van der Waals surface area contributed by atoms with Crippen molar-refractivity contribution in [2.75, 3.05) is 7.05 Å². The van der Waals surface area contributed by atoms with E-state index in [0.29, 0.717) is 6.07 Å². The minimum atomic E-state index is -4.96. The highest BCUT2D eigenvalue weighted by Gasteiger charge is 2.39. The van der Waals surface area contributed by atoms with Gasteiger partial charge >= 0.3 is 12.4 Å². The number of carbonyl (C=O) groups is 1. The number of halogens is 6. The van der Waals surface area contributed by atoms with E-state index in [2.05, 4.69) is 0 Å². The largest absolute Gasteiger partial charge is 0.416 e. The second kappa shape index (κ2) is 5.34. The number of hydrogen-bond acceptors (Lipinski definition) is 1. The van der Waals surface area contributed by atoms with Crippen LogP contribution in [0.25, 0.3) is 0 Å². The van der Waals surface area contributed by atoms with Crippen molar-refractivity contribution in [1.82, 2.24) is 5.32 Å². The van der Waals surface area contributed by atoms with Gasteiger partial charge in [0.05, 0.1) is 11.1 Å². The van der Waals surface area contributed by atoms with Gasteiger partial charge in [-0.15, -0.1) is 0 Å². The maximum atomic E-state index is 12.9. The summed E-state index contributed by atoms with van der Waals surface area (Å²) in [6.07, 6.45) is -10.1. The van der Waals surface area contributed by atoms with Crippen molar-refractivity contribution in [3.05, 3.63) is 34.4 Å². The van der Waals surface area contributed by atoms with Crippen LogP contribution in [0.2, 0.25) is 0 Å². The van der Waals surface area contributed by atoms with Crippen LogP contribution in [-0.2, 0) is 18.8 Å². The molecule has 112 valence electrons. The summed E-state index contributed by atoms with van der Waals surface area (Å²) >= 11 is 0. The lowest BCUT2D eigenvalue weighted by Crippen LogP contribution is -2.23. The number of nitrogens with one attached hydrogen (secondary N) is 1. The Morgan fingerprint density at radius 1 is 1.10 bits per heavy atom. The lowest BCUT2D eigenvalue weighted by atomic mass is 9.94. The summed E-state index contributed by atoms with van der Waals surface area (Å²) < 4.78 is 76.5. The molecule has 1 aromatic rings. The summed E-state index contributed by atoms with van der Waals surface area (Å²) in [4.78, 5) is 11.5. The van der Waals surface area contributed by atoms with E-state index in [9.17, 15) is 31.1 Å². The van der Waals surface area contributed by atoms with Gasteiger partial charge in [0.15, 0.2) is 0 Å².